The van der Waals surface area contributed by atoms with E-state index in [0.29, 0.717) is 0 Å². The van der Waals surface area contributed by atoms with Crippen LogP contribution in [0.4, 0.5) is 0 Å². The van der Waals surface area contributed by atoms with Crippen molar-refractivity contribution in [3.63, 3.8) is 0 Å². The standard InChI is InChI=1S/C13H16N2S2/c1-2-13-14-11(9-17-13)8-15-5-3-12-10(7-15)4-6-16-12/h4,6,9H,2-3,5,7-8H2,1H3. The first-order valence-electron chi connectivity index (χ1n) is 6.06. The zero-order chi connectivity index (χ0) is 11.7. The fraction of sp³-hybridized carbons (Fsp3) is 0.462. The van der Waals surface area contributed by atoms with E-state index >= 15 is 0 Å². The molecular formula is C13H16N2S2. The topological polar surface area (TPSA) is 16.1 Å². The Morgan fingerprint density at radius 2 is 2.35 bits per heavy atom. The van der Waals surface area contributed by atoms with Crippen molar-refractivity contribution in [2.24, 2.45) is 0 Å². The maximum absolute atomic E-state index is 4.65. The van der Waals surface area contributed by atoms with Crippen LogP contribution in [0.15, 0.2) is 16.8 Å². The summed E-state index contributed by atoms with van der Waals surface area (Å²) in [5.41, 5.74) is 2.76. The molecule has 1 aliphatic rings. The van der Waals surface area contributed by atoms with Gasteiger partial charge in [-0.1, -0.05) is 6.92 Å². The fourth-order valence-electron chi connectivity index (χ4n) is 2.25. The molecule has 0 unspecified atom stereocenters. The second kappa shape index (κ2) is 4.88. The van der Waals surface area contributed by atoms with Crippen LogP contribution in [-0.2, 0) is 25.9 Å². The minimum absolute atomic E-state index is 1.01. The van der Waals surface area contributed by atoms with Crippen LogP contribution in [0.25, 0.3) is 0 Å². The Labute approximate surface area is 110 Å². The first-order chi connectivity index (χ1) is 8.35. The van der Waals surface area contributed by atoms with Gasteiger partial charge in [0.15, 0.2) is 0 Å². The van der Waals surface area contributed by atoms with E-state index in [1.807, 2.05) is 11.3 Å². The van der Waals surface area contributed by atoms with E-state index in [1.165, 1.54) is 29.2 Å². The van der Waals surface area contributed by atoms with Crippen LogP contribution in [0.3, 0.4) is 0 Å². The van der Waals surface area contributed by atoms with Gasteiger partial charge in [-0.25, -0.2) is 4.98 Å². The lowest BCUT2D eigenvalue weighted by molar-refractivity contribution is 0.245. The Morgan fingerprint density at radius 1 is 1.41 bits per heavy atom. The summed E-state index contributed by atoms with van der Waals surface area (Å²) in [6.45, 7) is 5.44. The van der Waals surface area contributed by atoms with Crippen molar-refractivity contribution in [2.45, 2.75) is 32.9 Å². The predicted octanol–water partition coefficient (Wildman–Crippen LogP) is 3.33. The number of aryl methyl sites for hydroxylation is 1. The second-order valence-corrected chi connectivity index (χ2v) is 6.36. The molecule has 0 bridgehead atoms. The number of thiophene rings is 1. The summed E-state index contributed by atoms with van der Waals surface area (Å²) < 4.78 is 0. The lowest BCUT2D eigenvalue weighted by atomic mass is 10.1. The van der Waals surface area contributed by atoms with Gasteiger partial charge in [-0.3, -0.25) is 4.90 Å². The van der Waals surface area contributed by atoms with E-state index in [2.05, 4.69) is 33.6 Å². The van der Waals surface area contributed by atoms with Crippen molar-refractivity contribution >= 4 is 22.7 Å². The number of hydrogen-bond acceptors (Lipinski definition) is 4. The van der Waals surface area contributed by atoms with Crippen molar-refractivity contribution in [2.75, 3.05) is 6.54 Å². The summed E-state index contributed by atoms with van der Waals surface area (Å²) >= 11 is 3.69. The summed E-state index contributed by atoms with van der Waals surface area (Å²) in [6.07, 6.45) is 2.26. The average Bonchev–Trinajstić information content (AvgIpc) is 2.96. The van der Waals surface area contributed by atoms with Gasteiger partial charge < -0.3 is 0 Å². The van der Waals surface area contributed by atoms with Gasteiger partial charge in [0.1, 0.15) is 0 Å². The molecule has 0 aliphatic carbocycles. The van der Waals surface area contributed by atoms with E-state index in [1.54, 1.807) is 16.2 Å². The molecule has 2 aromatic heterocycles. The average molecular weight is 264 g/mol. The molecule has 0 amide bonds. The minimum Gasteiger partial charge on any atom is -0.293 e. The van der Waals surface area contributed by atoms with Gasteiger partial charge in [-0.2, -0.15) is 0 Å². The van der Waals surface area contributed by atoms with E-state index in [0.717, 1.165) is 19.5 Å². The molecule has 90 valence electrons. The summed E-state index contributed by atoms with van der Waals surface area (Å²) in [5.74, 6) is 0. The van der Waals surface area contributed by atoms with E-state index in [9.17, 15) is 0 Å². The molecule has 0 aromatic carbocycles. The van der Waals surface area contributed by atoms with E-state index in [-0.39, 0.29) is 0 Å². The van der Waals surface area contributed by atoms with Gasteiger partial charge in [0.25, 0.3) is 0 Å². The molecule has 4 heteroatoms. The van der Waals surface area contributed by atoms with Crippen molar-refractivity contribution in [3.05, 3.63) is 38.0 Å². The highest BCUT2D eigenvalue weighted by atomic mass is 32.1. The SMILES string of the molecule is CCc1nc(CN2CCc3sccc3C2)cs1. The summed E-state index contributed by atoms with van der Waals surface area (Å²) in [6, 6.07) is 2.27. The van der Waals surface area contributed by atoms with Gasteiger partial charge in [-0.15, -0.1) is 22.7 Å². The Balaban J connectivity index is 1.67. The zero-order valence-electron chi connectivity index (χ0n) is 9.98. The third-order valence-corrected chi connectivity index (χ3v) is 5.24. The Bertz CT molecular complexity index is 501. The fourth-order valence-corrected chi connectivity index (χ4v) is 3.88. The van der Waals surface area contributed by atoms with E-state index < -0.39 is 0 Å². The molecule has 0 saturated carbocycles. The van der Waals surface area contributed by atoms with Crippen LogP contribution < -0.4 is 0 Å². The quantitative estimate of drug-likeness (QED) is 0.845. The molecule has 0 spiro atoms. The predicted molar refractivity (Wildman–Crippen MR) is 73.6 cm³/mol. The molecule has 0 atom stereocenters. The number of nitrogens with zero attached hydrogens (tertiary/aromatic N) is 2. The molecule has 0 N–H and O–H groups in total. The Kier molecular flexibility index (Phi) is 3.27. The molecule has 0 radical (unpaired) electrons. The summed E-state index contributed by atoms with van der Waals surface area (Å²) in [4.78, 5) is 8.73. The first-order valence-corrected chi connectivity index (χ1v) is 7.82. The van der Waals surface area contributed by atoms with Crippen molar-refractivity contribution < 1.29 is 0 Å². The summed E-state index contributed by atoms with van der Waals surface area (Å²) in [5, 5.41) is 5.68. The van der Waals surface area contributed by atoms with Crippen LogP contribution in [0.5, 0.6) is 0 Å². The normalized spacial score (nSPS) is 16.1. The zero-order valence-corrected chi connectivity index (χ0v) is 11.6. The number of thiazole rings is 1. The molecule has 0 saturated heterocycles. The number of fused-ring (bicyclic) bond motifs is 1. The monoisotopic (exact) mass is 264 g/mol. The third kappa shape index (κ3) is 2.44. The lowest BCUT2D eigenvalue weighted by Gasteiger charge is -2.25. The highest BCUT2D eigenvalue weighted by Gasteiger charge is 2.17. The van der Waals surface area contributed by atoms with Crippen LogP contribution in [0.2, 0.25) is 0 Å². The maximum Gasteiger partial charge on any atom is 0.0926 e. The molecule has 3 heterocycles. The minimum atomic E-state index is 1.01. The van der Waals surface area contributed by atoms with Gasteiger partial charge >= 0.3 is 0 Å². The molecular weight excluding hydrogens is 248 g/mol. The maximum atomic E-state index is 4.65. The van der Waals surface area contributed by atoms with Crippen molar-refractivity contribution in [3.8, 4) is 0 Å². The van der Waals surface area contributed by atoms with Crippen LogP contribution in [-0.4, -0.2) is 16.4 Å². The molecule has 0 fully saturated rings. The molecule has 3 rings (SSSR count). The lowest BCUT2D eigenvalue weighted by Crippen LogP contribution is -2.29. The van der Waals surface area contributed by atoms with E-state index in [4.69, 9.17) is 0 Å². The Hall–Kier alpha value is -0.710. The number of hydrogen-bond donors (Lipinski definition) is 0. The molecule has 1 aliphatic heterocycles. The van der Waals surface area contributed by atoms with Gasteiger partial charge in [0.2, 0.25) is 0 Å². The van der Waals surface area contributed by atoms with Gasteiger partial charge in [-0.05, 0) is 29.9 Å². The molecule has 2 aromatic rings. The molecule has 2 nitrogen and oxygen atoms in total. The van der Waals surface area contributed by atoms with Crippen molar-refractivity contribution in [1.29, 1.82) is 0 Å². The highest BCUT2D eigenvalue weighted by Crippen LogP contribution is 2.25. The smallest absolute Gasteiger partial charge is 0.0926 e. The summed E-state index contributed by atoms with van der Waals surface area (Å²) in [7, 11) is 0. The number of rotatable bonds is 3. The largest absolute Gasteiger partial charge is 0.293 e. The van der Waals surface area contributed by atoms with Crippen LogP contribution >= 0.6 is 22.7 Å². The van der Waals surface area contributed by atoms with Crippen LogP contribution in [0, 0.1) is 0 Å². The van der Waals surface area contributed by atoms with Gasteiger partial charge in [0, 0.05) is 29.9 Å². The third-order valence-electron chi connectivity index (χ3n) is 3.17. The number of aromatic nitrogens is 1. The Morgan fingerprint density at radius 3 is 3.18 bits per heavy atom. The molecule has 17 heavy (non-hydrogen) atoms. The van der Waals surface area contributed by atoms with Gasteiger partial charge in [0.05, 0.1) is 10.7 Å². The van der Waals surface area contributed by atoms with Crippen molar-refractivity contribution in [1.82, 2.24) is 9.88 Å². The highest BCUT2D eigenvalue weighted by molar-refractivity contribution is 7.10. The second-order valence-electron chi connectivity index (χ2n) is 4.42. The first kappa shape index (κ1) is 11.4. The van der Waals surface area contributed by atoms with Crippen LogP contribution in [0.1, 0.15) is 28.1 Å².